The maximum Gasteiger partial charge on any atom is 0.251 e. The van der Waals surface area contributed by atoms with Gasteiger partial charge in [-0.1, -0.05) is 36.4 Å². The first-order chi connectivity index (χ1) is 13.0. The van der Waals surface area contributed by atoms with Crippen molar-refractivity contribution >= 4 is 11.6 Å². The van der Waals surface area contributed by atoms with Crippen LogP contribution in [0.4, 0.5) is 5.69 Å². The normalized spacial score (nSPS) is 17.1. The molecule has 1 aliphatic heterocycles. The van der Waals surface area contributed by atoms with Crippen LogP contribution in [0, 0.1) is 5.92 Å². The molecule has 5 heteroatoms. The molecule has 1 heterocycles. The Kier molecular flexibility index (Phi) is 6.14. The summed E-state index contributed by atoms with van der Waals surface area (Å²) in [7, 11) is 3.88. The van der Waals surface area contributed by atoms with Crippen LogP contribution in [0.15, 0.2) is 54.6 Å². The molecule has 0 bridgehead atoms. The van der Waals surface area contributed by atoms with Gasteiger partial charge in [-0.3, -0.25) is 4.79 Å². The van der Waals surface area contributed by atoms with E-state index in [1.54, 1.807) is 6.07 Å². The lowest BCUT2D eigenvalue weighted by Crippen LogP contribution is -2.47. The third-order valence-corrected chi connectivity index (χ3v) is 5.31. The maximum absolute atomic E-state index is 12.7. The summed E-state index contributed by atoms with van der Waals surface area (Å²) in [5, 5.41) is 14.5. The Morgan fingerprint density at radius 2 is 1.85 bits per heavy atom. The number of benzene rings is 2. The molecule has 5 nitrogen and oxygen atoms in total. The van der Waals surface area contributed by atoms with Crippen molar-refractivity contribution in [3.05, 3.63) is 65.7 Å². The average molecular weight is 368 g/mol. The summed E-state index contributed by atoms with van der Waals surface area (Å²) < 4.78 is 5.46. The molecular formula is C22H28N2O3. The molecule has 2 N–H and O–H groups in total. The van der Waals surface area contributed by atoms with Crippen LogP contribution in [-0.2, 0) is 10.3 Å². The molecule has 3 rings (SSSR count). The molecule has 1 amide bonds. The van der Waals surface area contributed by atoms with E-state index in [9.17, 15) is 9.90 Å². The van der Waals surface area contributed by atoms with Crippen molar-refractivity contribution in [2.75, 3.05) is 38.8 Å². The van der Waals surface area contributed by atoms with Crippen LogP contribution in [0.2, 0.25) is 0 Å². The van der Waals surface area contributed by atoms with Gasteiger partial charge < -0.3 is 20.1 Å². The van der Waals surface area contributed by atoms with Crippen molar-refractivity contribution in [2.24, 2.45) is 5.92 Å². The van der Waals surface area contributed by atoms with Crippen molar-refractivity contribution in [3.63, 3.8) is 0 Å². The SMILES string of the molecule is CN(C)c1cccc(C(=O)NCC(O)(c2ccccc2)C2CCOCC2)c1. The average Bonchev–Trinajstić information content (AvgIpc) is 2.73. The highest BCUT2D eigenvalue weighted by Crippen LogP contribution is 2.35. The number of ether oxygens (including phenoxy) is 1. The lowest BCUT2D eigenvalue weighted by Gasteiger charge is -2.39. The Balaban J connectivity index is 1.78. The molecule has 0 aromatic heterocycles. The van der Waals surface area contributed by atoms with Crippen molar-refractivity contribution < 1.29 is 14.6 Å². The summed E-state index contributed by atoms with van der Waals surface area (Å²) >= 11 is 0. The lowest BCUT2D eigenvalue weighted by atomic mass is 9.77. The number of amides is 1. The Morgan fingerprint density at radius 3 is 2.52 bits per heavy atom. The number of anilines is 1. The molecule has 1 unspecified atom stereocenters. The molecule has 27 heavy (non-hydrogen) atoms. The van der Waals surface area contributed by atoms with Crippen molar-refractivity contribution in [1.29, 1.82) is 0 Å². The zero-order valence-electron chi connectivity index (χ0n) is 16.0. The fourth-order valence-electron chi connectivity index (χ4n) is 3.63. The topological polar surface area (TPSA) is 61.8 Å². The third kappa shape index (κ3) is 4.49. The van der Waals surface area contributed by atoms with Crippen molar-refractivity contribution in [3.8, 4) is 0 Å². The molecule has 0 saturated carbocycles. The zero-order chi connectivity index (χ0) is 19.3. The molecule has 0 spiro atoms. The summed E-state index contributed by atoms with van der Waals surface area (Å²) in [4.78, 5) is 14.7. The van der Waals surface area contributed by atoms with Gasteiger partial charge in [-0.2, -0.15) is 0 Å². The van der Waals surface area contributed by atoms with Crippen LogP contribution >= 0.6 is 0 Å². The van der Waals surface area contributed by atoms with Crippen LogP contribution < -0.4 is 10.2 Å². The predicted molar refractivity (Wildman–Crippen MR) is 107 cm³/mol. The van der Waals surface area contributed by atoms with Gasteiger partial charge >= 0.3 is 0 Å². The predicted octanol–water partition coefficient (Wildman–Crippen LogP) is 2.80. The largest absolute Gasteiger partial charge is 0.383 e. The third-order valence-electron chi connectivity index (χ3n) is 5.31. The number of rotatable bonds is 6. The highest BCUT2D eigenvalue weighted by Gasteiger charge is 2.39. The van der Waals surface area contributed by atoms with Gasteiger partial charge in [0.15, 0.2) is 0 Å². The van der Waals surface area contributed by atoms with Gasteiger partial charge in [0.1, 0.15) is 5.60 Å². The van der Waals surface area contributed by atoms with Crippen LogP contribution in [0.5, 0.6) is 0 Å². The Bertz CT molecular complexity index is 757. The molecule has 2 aromatic rings. The first kappa shape index (κ1) is 19.4. The van der Waals surface area contributed by atoms with Crippen LogP contribution in [-0.4, -0.2) is 44.9 Å². The second-order valence-corrected chi connectivity index (χ2v) is 7.30. The smallest absolute Gasteiger partial charge is 0.251 e. The molecule has 0 aliphatic carbocycles. The first-order valence-corrected chi connectivity index (χ1v) is 9.42. The quantitative estimate of drug-likeness (QED) is 0.823. The van der Waals surface area contributed by atoms with E-state index in [4.69, 9.17) is 4.74 Å². The van der Waals surface area contributed by atoms with E-state index < -0.39 is 5.60 Å². The first-order valence-electron chi connectivity index (χ1n) is 9.42. The lowest BCUT2D eigenvalue weighted by molar-refractivity contribution is -0.0680. The van der Waals surface area contributed by atoms with Crippen LogP contribution in [0.25, 0.3) is 0 Å². The van der Waals surface area contributed by atoms with Crippen molar-refractivity contribution in [2.45, 2.75) is 18.4 Å². The molecule has 0 radical (unpaired) electrons. The van der Waals surface area contributed by atoms with Crippen LogP contribution in [0.3, 0.4) is 0 Å². The van der Waals surface area contributed by atoms with Gasteiger partial charge in [-0.05, 0) is 42.5 Å². The fourth-order valence-corrected chi connectivity index (χ4v) is 3.63. The number of hydrogen-bond acceptors (Lipinski definition) is 4. The van der Waals surface area contributed by atoms with E-state index in [1.807, 2.05) is 67.5 Å². The number of carbonyl (C=O) groups excluding carboxylic acids is 1. The number of nitrogens with zero attached hydrogens (tertiary/aromatic N) is 1. The minimum absolute atomic E-state index is 0.0436. The van der Waals surface area contributed by atoms with E-state index in [0.717, 1.165) is 24.1 Å². The summed E-state index contributed by atoms with van der Waals surface area (Å²) in [5.41, 5.74) is 1.27. The Hall–Kier alpha value is -2.37. The molecule has 1 saturated heterocycles. The second-order valence-electron chi connectivity index (χ2n) is 7.30. The summed E-state index contributed by atoms with van der Waals surface area (Å²) in [6.45, 7) is 1.45. The molecular weight excluding hydrogens is 340 g/mol. The van der Waals surface area contributed by atoms with Gasteiger partial charge in [0.05, 0.1) is 6.54 Å². The van der Waals surface area contributed by atoms with E-state index in [0.29, 0.717) is 18.8 Å². The van der Waals surface area contributed by atoms with E-state index in [1.165, 1.54) is 0 Å². The fraction of sp³-hybridized carbons (Fsp3) is 0.409. The standard InChI is InChI=1S/C22H28N2O3/c1-24(2)20-10-6-7-17(15-20)21(25)23-16-22(26,18-8-4-3-5-9-18)19-11-13-27-14-12-19/h3-10,15,19,26H,11-14,16H2,1-2H3,(H,23,25). The van der Waals surface area contributed by atoms with Crippen molar-refractivity contribution in [1.82, 2.24) is 5.32 Å². The number of carbonyl (C=O) groups is 1. The van der Waals surface area contributed by atoms with Gasteiger partial charge in [-0.25, -0.2) is 0 Å². The number of nitrogens with one attached hydrogen (secondary N) is 1. The molecule has 144 valence electrons. The van der Waals surface area contributed by atoms with Gasteiger partial charge in [0.2, 0.25) is 0 Å². The molecule has 1 atom stereocenters. The minimum atomic E-state index is -1.11. The summed E-state index contributed by atoms with van der Waals surface area (Å²) in [6, 6.07) is 17.1. The maximum atomic E-state index is 12.7. The second kappa shape index (κ2) is 8.55. The van der Waals surface area contributed by atoms with Gasteiger partial charge in [0.25, 0.3) is 5.91 Å². The zero-order valence-corrected chi connectivity index (χ0v) is 16.0. The highest BCUT2D eigenvalue weighted by atomic mass is 16.5. The number of hydrogen-bond donors (Lipinski definition) is 2. The van der Waals surface area contributed by atoms with E-state index in [-0.39, 0.29) is 18.4 Å². The van der Waals surface area contributed by atoms with Gasteiger partial charge in [-0.15, -0.1) is 0 Å². The summed E-state index contributed by atoms with van der Waals surface area (Å²) in [6.07, 6.45) is 1.55. The number of aliphatic hydroxyl groups is 1. The Labute approximate surface area is 161 Å². The van der Waals surface area contributed by atoms with Crippen LogP contribution in [0.1, 0.15) is 28.8 Å². The van der Waals surface area contributed by atoms with Gasteiger partial charge in [0, 0.05) is 38.6 Å². The molecule has 1 aliphatic rings. The van der Waals surface area contributed by atoms with E-state index >= 15 is 0 Å². The van der Waals surface area contributed by atoms with E-state index in [2.05, 4.69) is 5.32 Å². The monoisotopic (exact) mass is 368 g/mol. The molecule has 2 aromatic carbocycles. The summed E-state index contributed by atoms with van der Waals surface area (Å²) in [5.74, 6) is -0.137. The highest BCUT2D eigenvalue weighted by molar-refractivity contribution is 5.95. The Morgan fingerprint density at radius 1 is 1.15 bits per heavy atom. The minimum Gasteiger partial charge on any atom is -0.383 e. The molecule has 1 fully saturated rings.